The fourth-order valence-electron chi connectivity index (χ4n) is 5.44. The number of hydrogen-bond acceptors (Lipinski definition) is 8. The quantitative estimate of drug-likeness (QED) is 0.0746. The van der Waals surface area contributed by atoms with Crippen LogP contribution in [0, 0.1) is 0 Å². The van der Waals surface area contributed by atoms with E-state index in [4.69, 9.17) is 10.5 Å². The average molecular weight is 714 g/mol. The molecule has 0 spiro atoms. The summed E-state index contributed by atoms with van der Waals surface area (Å²) in [5.41, 5.74) is 8.89. The first-order valence-electron chi connectivity index (χ1n) is 17.8. The number of carbonyl (C=O) groups is 3. The number of nitrogens with one attached hydrogen (secondary N) is 2. The number of amides is 2. The van der Waals surface area contributed by atoms with Gasteiger partial charge in [-0.3, -0.25) is 9.59 Å². The minimum absolute atomic E-state index is 0.128. The Kier molecular flexibility index (Phi) is 14.7. The molecule has 0 aliphatic rings. The van der Waals surface area contributed by atoms with Gasteiger partial charge >= 0.3 is 5.97 Å². The molecule has 0 aliphatic carbocycles. The molecule has 0 aliphatic heterocycles. The summed E-state index contributed by atoms with van der Waals surface area (Å²) in [4.78, 5) is 49.3. The van der Waals surface area contributed by atoms with Crippen molar-refractivity contribution in [2.24, 2.45) is 5.73 Å². The topological polar surface area (TPSA) is 157 Å². The number of carboxylic acids is 1. The maximum atomic E-state index is 13.5. The van der Waals surface area contributed by atoms with Gasteiger partial charge in [0.15, 0.2) is 5.82 Å². The van der Waals surface area contributed by atoms with Crippen molar-refractivity contribution in [3.05, 3.63) is 88.4 Å². The van der Waals surface area contributed by atoms with Crippen LogP contribution in [0.25, 0.3) is 22.5 Å². The van der Waals surface area contributed by atoms with E-state index in [0.29, 0.717) is 23.7 Å². The van der Waals surface area contributed by atoms with E-state index in [1.165, 1.54) is 37.0 Å². The second-order valence-corrected chi connectivity index (χ2v) is 14.8. The third-order valence-corrected chi connectivity index (χ3v) is 10.0. The Bertz CT molecular complexity index is 1700. The van der Waals surface area contributed by atoms with Gasteiger partial charge in [-0.05, 0) is 66.6 Å². The number of aromatic nitrogens is 2. The van der Waals surface area contributed by atoms with Crippen molar-refractivity contribution in [3.8, 4) is 28.3 Å². The highest BCUT2D eigenvalue weighted by Crippen LogP contribution is 2.29. The lowest BCUT2D eigenvalue weighted by Gasteiger charge is -2.21. The van der Waals surface area contributed by atoms with Gasteiger partial charge in [0, 0.05) is 34.8 Å². The molecule has 4 aromatic rings. The van der Waals surface area contributed by atoms with Gasteiger partial charge in [-0.2, -0.15) is 0 Å². The van der Waals surface area contributed by atoms with Crippen LogP contribution in [0.3, 0.4) is 0 Å². The van der Waals surface area contributed by atoms with Crippen LogP contribution in [0.5, 0.6) is 5.75 Å². The molecule has 0 fully saturated rings. The standard InChI is InChI=1S/C40H51N5O5S/c1-5-6-7-8-9-23-50-31-18-16-28(17-19-31)30-25-42-36(43-26-30)29-14-12-27(13-15-29)24-33(37(46)44-32(39(48)49)11-10-22-41)45-38(47)34-20-21-35(51-34)40(2,3)4/h12-21,25-26,32-33H,5-11,22-24,41H2,1-4H3,(H,44,46)(H,45,47)(H,48,49)/t32-,33-/m0/s1. The highest BCUT2D eigenvalue weighted by Gasteiger charge is 2.28. The fraction of sp³-hybridized carbons (Fsp3) is 0.425. The van der Waals surface area contributed by atoms with Crippen molar-refractivity contribution in [2.45, 2.75) is 96.6 Å². The molecule has 0 saturated heterocycles. The number of ether oxygens (including phenoxy) is 1. The SMILES string of the molecule is CCCCCCCOc1ccc(-c2cnc(-c3ccc(C[C@H](NC(=O)c4ccc(C(C)(C)C)s4)C(=O)N[C@@H](CCCN)C(=O)O)cc3)nc2)cc1. The molecule has 0 unspecified atom stereocenters. The van der Waals surface area contributed by atoms with E-state index in [1.807, 2.05) is 54.6 Å². The van der Waals surface area contributed by atoms with Crippen LogP contribution >= 0.6 is 11.3 Å². The third kappa shape index (κ3) is 12.0. The number of thiophene rings is 1. The highest BCUT2D eigenvalue weighted by atomic mass is 32.1. The minimum Gasteiger partial charge on any atom is -0.494 e. The number of unbranched alkanes of at least 4 members (excludes halogenated alkanes) is 4. The van der Waals surface area contributed by atoms with Crippen LogP contribution in [0.4, 0.5) is 0 Å². The average Bonchev–Trinajstić information content (AvgIpc) is 3.64. The zero-order chi connectivity index (χ0) is 36.8. The van der Waals surface area contributed by atoms with E-state index in [0.717, 1.165) is 45.9 Å². The second-order valence-electron chi connectivity index (χ2n) is 13.8. The maximum Gasteiger partial charge on any atom is 0.326 e. The monoisotopic (exact) mass is 713 g/mol. The molecule has 0 radical (unpaired) electrons. The molecule has 11 heteroatoms. The van der Waals surface area contributed by atoms with Crippen molar-refractivity contribution in [1.82, 2.24) is 20.6 Å². The fourth-order valence-corrected chi connectivity index (χ4v) is 6.41. The van der Waals surface area contributed by atoms with E-state index in [9.17, 15) is 19.5 Å². The number of carboxylic acid groups (broad SMARTS) is 1. The molecule has 2 amide bonds. The summed E-state index contributed by atoms with van der Waals surface area (Å²) < 4.78 is 5.89. The Balaban J connectivity index is 1.42. The Morgan fingerprint density at radius 1 is 0.824 bits per heavy atom. The second kappa shape index (κ2) is 19.1. The van der Waals surface area contributed by atoms with E-state index in [-0.39, 0.29) is 18.3 Å². The Labute approximate surface area is 305 Å². The summed E-state index contributed by atoms with van der Waals surface area (Å²) in [5, 5.41) is 15.1. The lowest BCUT2D eigenvalue weighted by Crippen LogP contribution is -2.52. The molecule has 2 aromatic carbocycles. The summed E-state index contributed by atoms with van der Waals surface area (Å²) in [7, 11) is 0. The molecule has 2 heterocycles. The molecule has 51 heavy (non-hydrogen) atoms. The summed E-state index contributed by atoms with van der Waals surface area (Å²) >= 11 is 1.37. The first kappa shape index (κ1) is 39.2. The summed E-state index contributed by atoms with van der Waals surface area (Å²) in [6.45, 7) is 9.44. The first-order chi connectivity index (χ1) is 24.5. The Morgan fingerprint density at radius 3 is 2.10 bits per heavy atom. The van der Waals surface area contributed by atoms with Crippen molar-refractivity contribution in [2.75, 3.05) is 13.2 Å². The summed E-state index contributed by atoms with van der Waals surface area (Å²) in [5.74, 6) is -0.729. The predicted molar refractivity (Wildman–Crippen MR) is 203 cm³/mol. The van der Waals surface area contributed by atoms with Gasteiger partial charge < -0.3 is 26.2 Å². The summed E-state index contributed by atoms with van der Waals surface area (Å²) in [6, 6.07) is 16.9. The highest BCUT2D eigenvalue weighted by molar-refractivity contribution is 7.14. The van der Waals surface area contributed by atoms with Gasteiger partial charge in [-0.25, -0.2) is 14.8 Å². The summed E-state index contributed by atoms with van der Waals surface area (Å²) in [6.07, 6.45) is 10.3. The number of carbonyl (C=O) groups excluding carboxylic acids is 2. The molecular formula is C40H51N5O5S. The van der Waals surface area contributed by atoms with Crippen molar-refractivity contribution in [3.63, 3.8) is 0 Å². The van der Waals surface area contributed by atoms with Gasteiger partial charge in [-0.1, -0.05) is 89.8 Å². The lowest BCUT2D eigenvalue weighted by molar-refractivity contribution is -0.142. The lowest BCUT2D eigenvalue weighted by atomic mass is 9.95. The van der Waals surface area contributed by atoms with Gasteiger partial charge in [-0.15, -0.1) is 11.3 Å². The largest absolute Gasteiger partial charge is 0.494 e. The smallest absolute Gasteiger partial charge is 0.326 e. The molecule has 10 nitrogen and oxygen atoms in total. The zero-order valence-corrected chi connectivity index (χ0v) is 30.9. The van der Waals surface area contributed by atoms with Crippen molar-refractivity contribution >= 4 is 29.1 Å². The number of rotatable bonds is 19. The molecule has 0 bridgehead atoms. The van der Waals surface area contributed by atoms with Crippen molar-refractivity contribution < 1.29 is 24.2 Å². The molecule has 2 aromatic heterocycles. The van der Waals surface area contributed by atoms with E-state index >= 15 is 0 Å². The van der Waals surface area contributed by atoms with Gasteiger partial charge in [0.2, 0.25) is 5.91 Å². The Hall–Kier alpha value is -4.61. The normalized spacial score (nSPS) is 12.6. The van der Waals surface area contributed by atoms with Crippen LogP contribution in [0.15, 0.2) is 73.1 Å². The number of nitrogens with two attached hydrogens (primary N) is 1. The zero-order valence-electron chi connectivity index (χ0n) is 30.1. The van der Waals surface area contributed by atoms with E-state index < -0.39 is 29.9 Å². The predicted octanol–water partition coefficient (Wildman–Crippen LogP) is 7.17. The van der Waals surface area contributed by atoms with Gasteiger partial charge in [0.05, 0.1) is 11.5 Å². The molecule has 2 atom stereocenters. The molecule has 4 rings (SSSR count). The minimum atomic E-state index is -1.15. The van der Waals surface area contributed by atoms with Crippen LogP contribution < -0.4 is 21.1 Å². The molecule has 272 valence electrons. The van der Waals surface area contributed by atoms with Gasteiger partial charge in [0.25, 0.3) is 5.91 Å². The van der Waals surface area contributed by atoms with Crippen LogP contribution in [0.1, 0.15) is 92.8 Å². The van der Waals surface area contributed by atoms with Crippen LogP contribution in [0.2, 0.25) is 0 Å². The molecule has 5 N–H and O–H groups in total. The van der Waals surface area contributed by atoms with E-state index in [1.54, 1.807) is 18.5 Å². The van der Waals surface area contributed by atoms with Gasteiger partial charge in [0.1, 0.15) is 17.8 Å². The maximum absolute atomic E-state index is 13.5. The van der Waals surface area contributed by atoms with Crippen LogP contribution in [-0.4, -0.2) is 58.1 Å². The van der Waals surface area contributed by atoms with Crippen molar-refractivity contribution in [1.29, 1.82) is 0 Å². The number of aliphatic carboxylic acids is 1. The number of hydrogen-bond donors (Lipinski definition) is 4. The third-order valence-electron chi connectivity index (χ3n) is 8.51. The molecular weight excluding hydrogens is 663 g/mol. The Morgan fingerprint density at radius 2 is 1.49 bits per heavy atom. The number of benzene rings is 2. The van der Waals surface area contributed by atoms with Crippen LogP contribution in [-0.2, 0) is 21.4 Å². The molecule has 0 saturated carbocycles. The number of nitrogens with zero attached hydrogens (tertiary/aromatic N) is 2. The van der Waals surface area contributed by atoms with E-state index in [2.05, 4.69) is 48.3 Å². The first-order valence-corrected chi connectivity index (χ1v) is 18.6.